The number of aromatic nitrogens is 2. The molecular weight excluding hydrogens is 226 g/mol. The Bertz CT molecular complexity index is 549. The zero-order valence-electron chi connectivity index (χ0n) is 10.7. The summed E-state index contributed by atoms with van der Waals surface area (Å²) in [6.07, 6.45) is 2.26. The number of rotatable bonds is 3. The Balaban J connectivity index is 1.82. The Morgan fingerprint density at radius 1 is 1.50 bits per heavy atom. The van der Waals surface area contributed by atoms with E-state index in [-0.39, 0.29) is 6.61 Å². The van der Waals surface area contributed by atoms with Crippen molar-refractivity contribution >= 4 is 11.0 Å². The first kappa shape index (κ1) is 11.7. The van der Waals surface area contributed by atoms with Gasteiger partial charge in [-0.15, -0.1) is 0 Å². The number of benzene rings is 1. The van der Waals surface area contributed by atoms with Crippen molar-refractivity contribution in [2.75, 3.05) is 13.2 Å². The lowest BCUT2D eigenvalue weighted by atomic mass is 10.2. The maximum atomic E-state index is 9.32. The third-order valence-electron chi connectivity index (χ3n) is 3.75. The normalized spacial score (nSPS) is 20.9. The van der Waals surface area contributed by atoms with Gasteiger partial charge in [-0.25, -0.2) is 4.98 Å². The number of nitrogens with one attached hydrogen (secondary N) is 1. The molecule has 96 valence electrons. The predicted molar refractivity (Wildman–Crippen MR) is 71.3 cm³/mol. The minimum absolute atomic E-state index is 0.249. The molecule has 3 rings (SSSR count). The van der Waals surface area contributed by atoms with Gasteiger partial charge in [0.1, 0.15) is 5.82 Å². The molecule has 2 aromatic rings. The topological polar surface area (TPSA) is 52.1 Å². The largest absolute Gasteiger partial charge is 0.395 e. The lowest BCUT2D eigenvalue weighted by Gasteiger charge is -2.21. The quantitative estimate of drug-likeness (QED) is 0.867. The van der Waals surface area contributed by atoms with Gasteiger partial charge in [0.2, 0.25) is 0 Å². The van der Waals surface area contributed by atoms with Crippen LogP contribution in [0, 0.1) is 6.92 Å². The van der Waals surface area contributed by atoms with Crippen molar-refractivity contribution in [3.8, 4) is 0 Å². The maximum absolute atomic E-state index is 9.32. The van der Waals surface area contributed by atoms with E-state index in [4.69, 9.17) is 0 Å². The monoisotopic (exact) mass is 245 g/mol. The van der Waals surface area contributed by atoms with E-state index >= 15 is 0 Å². The lowest BCUT2D eigenvalue weighted by molar-refractivity contribution is 0.151. The zero-order valence-corrected chi connectivity index (χ0v) is 10.7. The molecule has 0 unspecified atom stereocenters. The third-order valence-corrected chi connectivity index (χ3v) is 3.75. The summed E-state index contributed by atoms with van der Waals surface area (Å²) < 4.78 is 0. The molecule has 18 heavy (non-hydrogen) atoms. The van der Waals surface area contributed by atoms with E-state index in [1.165, 1.54) is 12.0 Å². The summed E-state index contributed by atoms with van der Waals surface area (Å²) >= 11 is 0. The van der Waals surface area contributed by atoms with Crippen LogP contribution in [-0.4, -0.2) is 39.2 Å². The predicted octanol–water partition coefficient (Wildman–Crippen LogP) is 1.83. The molecule has 0 radical (unpaired) electrons. The maximum Gasteiger partial charge on any atom is 0.121 e. The summed E-state index contributed by atoms with van der Waals surface area (Å²) in [4.78, 5) is 10.3. The van der Waals surface area contributed by atoms with Gasteiger partial charge in [-0.1, -0.05) is 6.07 Å². The van der Waals surface area contributed by atoms with Crippen LogP contribution < -0.4 is 0 Å². The van der Waals surface area contributed by atoms with Crippen LogP contribution in [0.15, 0.2) is 18.2 Å². The summed E-state index contributed by atoms with van der Waals surface area (Å²) in [6.45, 7) is 4.20. The second-order valence-corrected chi connectivity index (χ2v) is 5.15. The molecule has 0 spiro atoms. The fraction of sp³-hybridized carbons (Fsp3) is 0.500. The number of imidazole rings is 1. The Kier molecular flexibility index (Phi) is 3.06. The van der Waals surface area contributed by atoms with E-state index in [1.807, 2.05) is 0 Å². The van der Waals surface area contributed by atoms with Gasteiger partial charge in [-0.3, -0.25) is 4.90 Å². The molecule has 0 saturated carbocycles. The van der Waals surface area contributed by atoms with Crippen molar-refractivity contribution in [3.05, 3.63) is 29.6 Å². The second kappa shape index (κ2) is 4.71. The van der Waals surface area contributed by atoms with Crippen LogP contribution in [0.2, 0.25) is 0 Å². The molecule has 1 fully saturated rings. The smallest absolute Gasteiger partial charge is 0.121 e. The number of aromatic amines is 1. The zero-order chi connectivity index (χ0) is 12.5. The van der Waals surface area contributed by atoms with Gasteiger partial charge < -0.3 is 10.1 Å². The lowest BCUT2D eigenvalue weighted by Crippen LogP contribution is -2.31. The van der Waals surface area contributed by atoms with Crippen molar-refractivity contribution in [3.63, 3.8) is 0 Å². The molecule has 2 heterocycles. The second-order valence-electron chi connectivity index (χ2n) is 5.15. The SMILES string of the molecule is Cc1ccc2nc(CN3CCC[C@H]3CO)[nH]c2c1. The standard InChI is InChI=1S/C14H19N3O/c1-10-4-5-12-13(7-10)16-14(15-12)8-17-6-2-3-11(17)9-18/h4-5,7,11,18H,2-3,6,8-9H2,1H3,(H,15,16)/t11-/m0/s1. The first-order valence-electron chi connectivity index (χ1n) is 6.56. The molecule has 1 aromatic heterocycles. The van der Waals surface area contributed by atoms with Gasteiger partial charge in [0.05, 0.1) is 24.2 Å². The average Bonchev–Trinajstić information content (AvgIpc) is 2.94. The van der Waals surface area contributed by atoms with Crippen molar-refractivity contribution in [1.29, 1.82) is 0 Å². The molecular formula is C14H19N3O. The number of hydrogen-bond acceptors (Lipinski definition) is 3. The van der Waals surface area contributed by atoms with E-state index in [0.717, 1.165) is 36.4 Å². The molecule has 4 nitrogen and oxygen atoms in total. The van der Waals surface area contributed by atoms with Gasteiger partial charge in [0, 0.05) is 6.04 Å². The van der Waals surface area contributed by atoms with Crippen molar-refractivity contribution in [2.24, 2.45) is 0 Å². The van der Waals surface area contributed by atoms with Crippen molar-refractivity contribution in [2.45, 2.75) is 32.4 Å². The minimum atomic E-state index is 0.249. The van der Waals surface area contributed by atoms with Crippen molar-refractivity contribution in [1.82, 2.24) is 14.9 Å². The average molecular weight is 245 g/mol. The van der Waals surface area contributed by atoms with Gasteiger partial charge >= 0.3 is 0 Å². The first-order chi connectivity index (χ1) is 8.76. The molecule has 1 aliphatic rings. The van der Waals surface area contributed by atoms with Gasteiger partial charge in [0.25, 0.3) is 0 Å². The van der Waals surface area contributed by atoms with E-state index in [9.17, 15) is 5.11 Å². The van der Waals surface area contributed by atoms with E-state index in [1.54, 1.807) is 0 Å². The third kappa shape index (κ3) is 2.13. The Labute approximate surface area is 107 Å². The van der Waals surface area contributed by atoms with Crippen molar-refractivity contribution < 1.29 is 5.11 Å². The fourth-order valence-corrected chi connectivity index (χ4v) is 2.75. The van der Waals surface area contributed by atoms with Gasteiger partial charge in [-0.2, -0.15) is 0 Å². The molecule has 0 bridgehead atoms. The molecule has 1 saturated heterocycles. The van der Waals surface area contributed by atoms with Crippen LogP contribution in [0.3, 0.4) is 0 Å². The first-order valence-corrected chi connectivity index (χ1v) is 6.56. The van der Waals surface area contributed by atoms with E-state index in [2.05, 4.69) is 40.0 Å². The number of hydrogen-bond donors (Lipinski definition) is 2. The number of aliphatic hydroxyl groups excluding tert-OH is 1. The molecule has 1 aromatic carbocycles. The summed E-state index contributed by atoms with van der Waals surface area (Å²) in [5, 5.41) is 9.32. The van der Waals surface area contributed by atoms with Gasteiger partial charge in [-0.05, 0) is 44.0 Å². The molecule has 4 heteroatoms. The number of nitrogens with zero attached hydrogens (tertiary/aromatic N) is 2. The van der Waals surface area contributed by atoms with Crippen LogP contribution in [0.1, 0.15) is 24.2 Å². The molecule has 0 aliphatic carbocycles. The summed E-state index contributed by atoms with van der Waals surface area (Å²) in [5.41, 5.74) is 3.37. The van der Waals surface area contributed by atoms with Crippen LogP contribution in [0.25, 0.3) is 11.0 Å². The Morgan fingerprint density at radius 2 is 2.39 bits per heavy atom. The Hall–Kier alpha value is -1.39. The van der Waals surface area contributed by atoms with Gasteiger partial charge in [0.15, 0.2) is 0 Å². The molecule has 0 amide bonds. The molecule has 1 aliphatic heterocycles. The van der Waals surface area contributed by atoms with E-state index in [0.29, 0.717) is 6.04 Å². The summed E-state index contributed by atoms with van der Waals surface area (Å²) in [5.74, 6) is 0.996. The van der Waals surface area contributed by atoms with Crippen LogP contribution in [-0.2, 0) is 6.54 Å². The van der Waals surface area contributed by atoms with Crippen LogP contribution in [0.4, 0.5) is 0 Å². The highest BCUT2D eigenvalue weighted by atomic mass is 16.3. The molecule has 2 N–H and O–H groups in total. The Morgan fingerprint density at radius 3 is 3.22 bits per heavy atom. The highest BCUT2D eigenvalue weighted by molar-refractivity contribution is 5.75. The summed E-state index contributed by atoms with van der Waals surface area (Å²) in [6, 6.07) is 6.57. The number of aryl methyl sites for hydroxylation is 1. The highest BCUT2D eigenvalue weighted by Gasteiger charge is 2.24. The van der Waals surface area contributed by atoms with Crippen LogP contribution >= 0.6 is 0 Å². The highest BCUT2D eigenvalue weighted by Crippen LogP contribution is 2.20. The number of aliphatic hydroxyl groups is 1. The van der Waals surface area contributed by atoms with E-state index < -0.39 is 0 Å². The minimum Gasteiger partial charge on any atom is -0.395 e. The summed E-state index contributed by atoms with van der Waals surface area (Å²) in [7, 11) is 0. The number of H-pyrrole nitrogens is 1. The fourth-order valence-electron chi connectivity index (χ4n) is 2.75. The number of likely N-dealkylation sites (tertiary alicyclic amines) is 1. The number of fused-ring (bicyclic) bond motifs is 1. The van der Waals surface area contributed by atoms with Crippen LogP contribution in [0.5, 0.6) is 0 Å². The molecule has 1 atom stereocenters.